The van der Waals surface area contributed by atoms with Gasteiger partial charge in [-0.2, -0.15) is 0 Å². The summed E-state index contributed by atoms with van der Waals surface area (Å²) < 4.78 is 15.0. The molecule has 2 aromatic heterocycles. The molecule has 0 bridgehead atoms. The van der Waals surface area contributed by atoms with E-state index in [1.165, 1.54) is 17.7 Å². The van der Waals surface area contributed by atoms with Crippen LogP contribution in [-0.4, -0.2) is 45.5 Å². The van der Waals surface area contributed by atoms with Gasteiger partial charge >= 0.3 is 0 Å². The molecule has 1 fully saturated rings. The van der Waals surface area contributed by atoms with Gasteiger partial charge in [-0.25, -0.2) is 14.4 Å². The van der Waals surface area contributed by atoms with E-state index in [-0.39, 0.29) is 29.8 Å². The summed E-state index contributed by atoms with van der Waals surface area (Å²) in [7, 11) is 1.82. The highest BCUT2D eigenvalue weighted by Crippen LogP contribution is 2.21. The molecule has 3 aromatic rings. The van der Waals surface area contributed by atoms with Gasteiger partial charge in [-0.1, -0.05) is 18.2 Å². The summed E-state index contributed by atoms with van der Waals surface area (Å²) in [5.41, 5.74) is 2.26. The van der Waals surface area contributed by atoms with E-state index in [1.807, 2.05) is 36.0 Å². The smallest absolute Gasteiger partial charge is 0.193 e. The second kappa shape index (κ2) is 10.5. The zero-order valence-corrected chi connectivity index (χ0v) is 19.2. The number of pyridine rings is 1. The number of halogens is 2. The first-order valence-electron chi connectivity index (χ1n) is 9.85. The van der Waals surface area contributed by atoms with Crippen molar-refractivity contribution in [2.45, 2.75) is 19.4 Å². The van der Waals surface area contributed by atoms with Gasteiger partial charge in [0.1, 0.15) is 18.0 Å². The lowest BCUT2D eigenvalue weighted by molar-refractivity contribution is 0.459. The Hall–Kier alpha value is -2.49. The lowest BCUT2D eigenvalue weighted by atomic mass is 9.99. The molecule has 1 aliphatic heterocycles. The van der Waals surface area contributed by atoms with Gasteiger partial charge in [-0.3, -0.25) is 9.56 Å². The molecule has 1 atom stereocenters. The average Bonchev–Trinajstić information content (AvgIpc) is 3.43. The second-order valence-electron chi connectivity index (χ2n) is 7.29. The quantitative estimate of drug-likeness (QED) is 0.317. The van der Waals surface area contributed by atoms with Crippen molar-refractivity contribution >= 4 is 29.9 Å². The number of hydrogen-bond acceptors (Lipinski definition) is 3. The van der Waals surface area contributed by atoms with Gasteiger partial charge in [0.25, 0.3) is 0 Å². The van der Waals surface area contributed by atoms with Crippen LogP contribution < -0.4 is 5.32 Å². The third kappa shape index (κ3) is 5.35. The molecule has 1 unspecified atom stereocenters. The van der Waals surface area contributed by atoms with Gasteiger partial charge in [-0.05, 0) is 42.5 Å². The number of guanidine groups is 1. The van der Waals surface area contributed by atoms with Crippen molar-refractivity contribution in [1.82, 2.24) is 24.8 Å². The van der Waals surface area contributed by atoms with E-state index in [0.29, 0.717) is 12.5 Å². The molecule has 0 radical (unpaired) electrons. The number of rotatable bonds is 5. The lowest BCUT2D eigenvalue weighted by Gasteiger charge is -2.22. The van der Waals surface area contributed by atoms with Crippen molar-refractivity contribution in [1.29, 1.82) is 0 Å². The Morgan fingerprint density at radius 1 is 1.23 bits per heavy atom. The number of hydrogen-bond donors (Lipinski definition) is 1. The number of nitrogens with one attached hydrogen (secondary N) is 1. The molecule has 0 saturated carbocycles. The summed E-state index contributed by atoms with van der Waals surface area (Å²) in [6.45, 7) is 2.54. The van der Waals surface area contributed by atoms with Crippen LogP contribution in [0, 0.1) is 11.7 Å². The number of aliphatic imine (C=N–C) groups is 1. The molecule has 30 heavy (non-hydrogen) atoms. The minimum atomic E-state index is -0.183. The highest BCUT2D eigenvalue weighted by atomic mass is 127. The van der Waals surface area contributed by atoms with Crippen LogP contribution >= 0.6 is 24.0 Å². The highest BCUT2D eigenvalue weighted by molar-refractivity contribution is 14.0. The molecule has 1 aromatic carbocycles. The summed E-state index contributed by atoms with van der Waals surface area (Å²) in [6.07, 6.45) is 9.24. The Bertz CT molecular complexity index is 958. The molecule has 8 heteroatoms. The van der Waals surface area contributed by atoms with Crippen LogP contribution in [-0.2, 0) is 13.0 Å². The van der Waals surface area contributed by atoms with Crippen molar-refractivity contribution in [3.63, 3.8) is 0 Å². The second-order valence-corrected chi connectivity index (χ2v) is 7.29. The molecule has 158 valence electrons. The monoisotopic (exact) mass is 520 g/mol. The summed E-state index contributed by atoms with van der Waals surface area (Å²) >= 11 is 0. The van der Waals surface area contributed by atoms with Crippen molar-refractivity contribution in [3.8, 4) is 5.82 Å². The fraction of sp³-hybridized carbons (Fsp3) is 0.318. The van der Waals surface area contributed by atoms with E-state index in [0.717, 1.165) is 43.3 Å². The van der Waals surface area contributed by atoms with Crippen LogP contribution in [0.4, 0.5) is 4.39 Å². The van der Waals surface area contributed by atoms with Gasteiger partial charge in [-0.15, -0.1) is 24.0 Å². The summed E-state index contributed by atoms with van der Waals surface area (Å²) in [6, 6.07) is 10.8. The lowest BCUT2D eigenvalue weighted by Crippen LogP contribution is -2.39. The Kier molecular flexibility index (Phi) is 7.78. The molecule has 4 rings (SSSR count). The maximum absolute atomic E-state index is 13.1. The maximum atomic E-state index is 13.1. The van der Waals surface area contributed by atoms with Crippen LogP contribution in [0.3, 0.4) is 0 Å². The Labute approximate surface area is 193 Å². The third-order valence-corrected chi connectivity index (χ3v) is 5.29. The molecule has 1 N–H and O–H groups in total. The van der Waals surface area contributed by atoms with Gasteiger partial charge in [0.2, 0.25) is 0 Å². The molecule has 1 aliphatic rings. The van der Waals surface area contributed by atoms with E-state index in [2.05, 4.69) is 31.2 Å². The summed E-state index contributed by atoms with van der Waals surface area (Å²) in [5.74, 6) is 2.12. The predicted molar refractivity (Wildman–Crippen MR) is 127 cm³/mol. The molecular formula is C22H26FIN6. The van der Waals surface area contributed by atoms with E-state index >= 15 is 0 Å². The maximum Gasteiger partial charge on any atom is 0.193 e. The van der Waals surface area contributed by atoms with Crippen LogP contribution in [0.1, 0.15) is 17.5 Å². The molecular weight excluding hydrogens is 494 g/mol. The summed E-state index contributed by atoms with van der Waals surface area (Å²) in [5, 5.41) is 3.47. The predicted octanol–water partition coefficient (Wildman–Crippen LogP) is 3.66. The van der Waals surface area contributed by atoms with E-state index < -0.39 is 0 Å². The van der Waals surface area contributed by atoms with Gasteiger partial charge in [0.05, 0.1) is 0 Å². The first kappa shape index (κ1) is 22.2. The Balaban J connectivity index is 0.00000256. The molecule has 0 spiro atoms. The molecule has 6 nitrogen and oxygen atoms in total. The van der Waals surface area contributed by atoms with Gasteiger partial charge < -0.3 is 10.2 Å². The number of nitrogens with zero attached hydrogens (tertiary/aromatic N) is 5. The van der Waals surface area contributed by atoms with E-state index in [9.17, 15) is 4.39 Å². The number of likely N-dealkylation sites (tertiary alicyclic amines) is 1. The normalized spacial score (nSPS) is 16.4. The first-order valence-corrected chi connectivity index (χ1v) is 9.85. The van der Waals surface area contributed by atoms with E-state index in [4.69, 9.17) is 0 Å². The minimum absolute atomic E-state index is 0. The Morgan fingerprint density at radius 3 is 2.80 bits per heavy atom. The number of aromatic nitrogens is 3. The van der Waals surface area contributed by atoms with Crippen LogP contribution in [0.5, 0.6) is 0 Å². The number of imidazole rings is 1. The molecule has 3 heterocycles. The molecule has 0 amide bonds. The zero-order valence-electron chi connectivity index (χ0n) is 16.9. The summed E-state index contributed by atoms with van der Waals surface area (Å²) in [4.78, 5) is 15.4. The third-order valence-electron chi connectivity index (χ3n) is 5.29. The fourth-order valence-electron chi connectivity index (χ4n) is 3.84. The highest BCUT2D eigenvalue weighted by Gasteiger charge is 2.25. The Morgan fingerprint density at radius 2 is 2.07 bits per heavy atom. The van der Waals surface area contributed by atoms with Crippen LogP contribution in [0.15, 0.2) is 66.3 Å². The van der Waals surface area contributed by atoms with Gasteiger partial charge in [0.15, 0.2) is 5.96 Å². The first-order chi connectivity index (χ1) is 14.2. The van der Waals surface area contributed by atoms with Crippen LogP contribution in [0.25, 0.3) is 5.82 Å². The average molecular weight is 520 g/mol. The van der Waals surface area contributed by atoms with Gasteiger partial charge in [0, 0.05) is 50.8 Å². The molecule has 1 saturated heterocycles. The largest absolute Gasteiger partial charge is 0.352 e. The topological polar surface area (TPSA) is 58.3 Å². The van der Waals surface area contributed by atoms with Crippen molar-refractivity contribution in [2.75, 3.05) is 20.1 Å². The van der Waals surface area contributed by atoms with Crippen molar-refractivity contribution in [2.24, 2.45) is 10.9 Å². The van der Waals surface area contributed by atoms with Crippen molar-refractivity contribution in [3.05, 3.63) is 78.3 Å². The standard InChI is InChI=1S/C22H25FN6.HI/c1-24-22(27-14-19-3-2-9-26-21(19)29-12-10-25-16-29)28-11-8-18(15-28)13-17-4-6-20(23)7-5-17;/h2-7,9-10,12,16,18H,8,11,13-15H2,1H3,(H,24,27);1H. The SMILES string of the molecule is CN=C(NCc1cccnc1-n1ccnc1)N1CCC(Cc2ccc(F)cc2)C1.I. The van der Waals surface area contributed by atoms with Crippen molar-refractivity contribution < 1.29 is 4.39 Å². The minimum Gasteiger partial charge on any atom is -0.352 e. The van der Waals surface area contributed by atoms with Crippen LogP contribution in [0.2, 0.25) is 0 Å². The van der Waals surface area contributed by atoms with E-state index in [1.54, 1.807) is 18.7 Å². The number of benzene rings is 1. The zero-order chi connectivity index (χ0) is 20.1. The molecule has 0 aliphatic carbocycles. The fourth-order valence-corrected chi connectivity index (χ4v) is 3.84.